The summed E-state index contributed by atoms with van der Waals surface area (Å²) >= 11 is 0. The van der Waals surface area contributed by atoms with E-state index < -0.39 is 23.9 Å². The van der Waals surface area contributed by atoms with Gasteiger partial charge in [0.25, 0.3) is 0 Å². The van der Waals surface area contributed by atoms with Crippen LogP contribution < -0.4 is 9.47 Å². The van der Waals surface area contributed by atoms with E-state index in [2.05, 4.69) is 10.2 Å². The Morgan fingerprint density at radius 1 is 0.719 bits per heavy atom. The molecule has 32 heavy (non-hydrogen) atoms. The van der Waals surface area contributed by atoms with Crippen molar-refractivity contribution in [3.8, 4) is 11.5 Å². The molecule has 0 saturated carbocycles. The van der Waals surface area contributed by atoms with Gasteiger partial charge in [-0.3, -0.25) is 9.59 Å². The second kappa shape index (κ2) is 11.3. The fraction of sp³-hybridized carbons (Fsp3) is 0.273. The van der Waals surface area contributed by atoms with Crippen LogP contribution in [0.3, 0.4) is 0 Å². The number of hydrogen-bond donors (Lipinski definition) is 2. The van der Waals surface area contributed by atoms with Crippen molar-refractivity contribution in [1.29, 1.82) is 0 Å². The average Bonchev–Trinajstić information content (AvgIpc) is 2.73. The molecule has 0 aliphatic carbocycles. The predicted molar refractivity (Wildman–Crippen MR) is 112 cm³/mol. The summed E-state index contributed by atoms with van der Waals surface area (Å²) in [5.41, 5.74) is -0.244. The first-order valence-corrected chi connectivity index (χ1v) is 9.82. The third-order valence-electron chi connectivity index (χ3n) is 4.02. The van der Waals surface area contributed by atoms with Crippen LogP contribution in [0.25, 0.3) is 0 Å². The molecule has 0 spiro atoms. The zero-order valence-electron chi connectivity index (χ0n) is 17.5. The van der Waals surface area contributed by atoms with Crippen LogP contribution in [0.15, 0.2) is 46.6 Å². The summed E-state index contributed by atoms with van der Waals surface area (Å²) in [7, 11) is 0. The molecule has 2 aromatic rings. The lowest BCUT2D eigenvalue weighted by Gasteiger charge is -2.08. The number of benzene rings is 2. The van der Waals surface area contributed by atoms with E-state index >= 15 is 0 Å². The van der Waals surface area contributed by atoms with Gasteiger partial charge in [-0.2, -0.15) is 10.2 Å². The van der Waals surface area contributed by atoms with Crippen molar-refractivity contribution in [2.24, 2.45) is 10.2 Å². The van der Waals surface area contributed by atoms with E-state index in [0.717, 1.165) is 0 Å². The molecule has 2 N–H and O–H groups in total. The van der Waals surface area contributed by atoms with Crippen molar-refractivity contribution in [2.75, 3.05) is 0 Å². The van der Waals surface area contributed by atoms with Crippen molar-refractivity contribution in [2.45, 2.75) is 39.5 Å². The van der Waals surface area contributed by atoms with Crippen molar-refractivity contribution < 1.29 is 38.9 Å². The van der Waals surface area contributed by atoms with E-state index in [1.54, 1.807) is 13.8 Å². The summed E-state index contributed by atoms with van der Waals surface area (Å²) in [6.07, 6.45) is 1.41. The minimum absolute atomic E-state index is 0.110. The Morgan fingerprint density at radius 3 is 1.41 bits per heavy atom. The van der Waals surface area contributed by atoms with E-state index in [0.29, 0.717) is 12.8 Å². The van der Waals surface area contributed by atoms with Crippen LogP contribution in [0.1, 0.15) is 60.2 Å². The normalized spacial score (nSPS) is 10.7. The number of rotatable bonds is 10. The van der Waals surface area contributed by atoms with Gasteiger partial charge in [0.15, 0.2) is 0 Å². The van der Waals surface area contributed by atoms with Gasteiger partial charge in [0, 0.05) is 12.8 Å². The monoisotopic (exact) mass is 442 g/mol. The number of hydrogen-bond acceptors (Lipinski definition) is 8. The largest absolute Gasteiger partial charge is 0.478 e. The van der Waals surface area contributed by atoms with Crippen molar-refractivity contribution >= 4 is 35.3 Å². The molecule has 10 nitrogen and oxygen atoms in total. The fourth-order valence-electron chi connectivity index (χ4n) is 2.54. The second-order valence-electron chi connectivity index (χ2n) is 6.62. The van der Waals surface area contributed by atoms with Crippen LogP contribution in [-0.4, -0.2) is 34.1 Å². The van der Waals surface area contributed by atoms with Crippen molar-refractivity contribution in [1.82, 2.24) is 0 Å². The maximum Gasteiger partial charge on any atom is 0.339 e. The maximum atomic E-state index is 11.7. The van der Waals surface area contributed by atoms with Crippen molar-refractivity contribution in [3.63, 3.8) is 0 Å². The van der Waals surface area contributed by atoms with Gasteiger partial charge in [-0.15, -0.1) is 0 Å². The molecule has 0 atom stereocenters. The number of azo groups is 1. The molecule has 0 fully saturated rings. The number of carboxylic acid groups (broad SMARTS) is 2. The van der Waals surface area contributed by atoms with Gasteiger partial charge in [-0.05, 0) is 49.2 Å². The van der Waals surface area contributed by atoms with E-state index in [1.807, 2.05) is 0 Å². The number of ether oxygens (including phenoxy) is 2. The third kappa shape index (κ3) is 6.73. The average molecular weight is 442 g/mol. The van der Waals surface area contributed by atoms with Crippen molar-refractivity contribution in [3.05, 3.63) is 47.5 Å². The van der Waals surface area contributed by atoms with E-state index in [1.165, 1.54) is 36.4 Å². The molecule has 0 unspecified atom stereocenters. The first-order valence-electron chi connectivity index (χ1n) is 9.82. The van der Waals surface area contributed by atoms with Crippen LogP contribution in [0, 0.1) is 0 Å². The third-order valence-corrected chi connectivity index (χ3v) is 4.02. The van der Waals surface area contributed by atoms with Gasteiger partial charge in [0.2, 0.25) is 0 Å². The highest BCUT2D eigenvalue weighted by Gasteiger charge is 2.17. The quantitative estimate of drug-likeness (QED) is 0.299. The van der Waals surface area contributed by atoms with Gasteiger partial charge in [0.1, 0.15) is 22.6 Å². The Hall–Kier alpha value is -4.08. The molecule has 0 saturated heterocycles. The van der Waals surface area contributed by atoms with Gasteiger partial charge < -0.3 is 19.7 Å². The first-order chi connectivity index (χ1) is 15.2. The SMILES string of the molecule is CCCC(=O)Oc1ccc(/N=N/c2ccc(OC(=O)CCC)c(C(=O)O)c2)cc1C(=O)O. The van der Waals surface area contributed by atoms with Crippen LogP contribution in [0.4, 0.5) is 11.4 Å². The zero-order chi connectivity index (χ0) is 23.7. The summed E-state index contributed by atoms with van der Waals surface area (Å²) in [5.74, 6) is -3.95. The Kier molecular flexibility index (Phi) is 8.58. The topological polar surface area (TPSA) is 152 Å². The lowest BCUT2D eigenvalue weighted by atomic mass is 10.1. The lowest BCUT2D eigenvalue weighted by molar-refractivity contribution is -0.135. The highest BCUT2D eigenvalue weighted by molar-refractivity contribution is 5.94. The molecule has 168 valence electrons. The Balaban J connectivity index is 2.28. The molecule has 0 aromatic heterocycles. The second-order valence-corrected chi connectivity index (χ2v) is 6.62. The Bertz CT molecular complexity index is 978. The van der Waals surface area contributed by atoms with Gasteiger partial charge in [-0.1, -0.05) is 13.8 Å². The maximum absolute atomic E-state index is 11.7. The van der Waals surface area contributed by atoms with Gasteiger partial charge in [-0.25, -0.2) is 9.59 Å². The number of carbonyl (C=O) groups is 4. The predicted octanol–water partition coefficient (Wildman–Crippen LogP) is 4.91. The molecule has 2 rings (SSSR count). The van der Waals surface area contributed by atoms with Crippen LogP contribution in [0.2, 0.25) is 0 Å². The molecular weight excluding hydrogens is 420 g/mol. The zero-order valence-corrected chi connectivity index (χ0v) is 17.5. The van der Waals surface area contributed by atoms with Crippen LogP contribution >= 0.6 is 0 Å². The summed E-state index contributed by atoms with van der Waals surface area (Å²) in [5, 5.41) is 26.6. The number of nitrogens with zero attached hydrogens (tertiary/aromatic N) is 2. The first kappa shape index (κ1) is 24.2. The molecule has 0 radical (unpaired) electrons. The smallest absolute Gasteiger partial charge is 0.339 e. The summed E-state index contributed by atoms with van der Waals surface area (Å²) in [6, 6.07) is 7.76. The number of esters is 2. The molecule has 10 heteroatoms. The molecule has 0 aliphatic heterocycles. The standard InChI is InChI=1S/C22H22N2O8/c1-3-5-19(25)31-17-9-7-13(11-15(17)21(27)28)23-24-14-8-10-18(16(12-14)22(29)30)32-20(26)6-4-2/h7-12H,3-6H2,1-2H3,(H,27,28)(H,29,30)/b24-23+. The Morgan fingerprint density at radius 2 is 1.09 bits per heavy atom. The van der Waals surface area contributed by atoms with Crippen LogP contribution in [0.5, 0.6) is 11.5 Å². The molecule has 0 heterocycles. The molecule has 2 aromatic carbocycles. The molecule has 0 aliphatic rings. The molecule has 0 amide bonds. The Labute approximate surface area is 183 Å². The van der Waals surface area contributed by atoms with E-state index in [4.69, 9.17) is 9.47 Å². The summed E-state index contributed by atoms with van der Waals surface area (Å²) in [6.45, 7) is 3.58. The van der Waals surface area contributed by atoms with E-state index in [-0.39, 0.29) is 46.8 Å². The summed E-state index contributed by atoms with van der Waals surface area (Å²) < 4.78 is 10.1. The fourth-order valence-corrected chi connectivity index (χ4v) is 2.54. The molecule has 0 bridgehead atoms. The minimum atomic E-state index is -1.31. The minimum Gasteiger partial charge on any atom is -0.478 e. The lowest BCUT2D eigenvalue weighted by Crippen LogP contribution is -2.10. The highest BCUT2D eigenvalue weighted by atomic mass is 16.5. The molecular formula is C22H22N2O8. The highest BCUT2D eigenvalue weighted by Crippen LogP contribution is 2.29. The van der Waals surface area contributed by atoms with Crippen LogP contribution in [-0.2, 0) is 9.59 Å². The van der Waals surface area contributed by atoms with Gasteiger partial charge in [0.05, 0.1) is 11.4 Å². The summed E-state index contributed by atoms with van der Waals surface area (Å²) in [4.78, 5) is 46.3. The van der Waals surface area contributed by atoms with Gasteiger partial charge >= 0.3 is 23.9 Å². The number of aromatic carboxylic acids is 2. The number of carboxylic acids is 2. The number of carbonyl (C=O) groups excluding carboxylic acids is 2. The van der Waals surface area contributed by atoms with E-state index in [9.17, 15) is 29.4 Å².